The molecule has 0 unspecified atom stereocenters. The quantitative estimate of drug-likeness (QED) is 0.767. The van der Waals surface area contributed by atoms with Crippen LogP contribution in [0.25, 0.3) is 0 Å². The van der Waals surface area contributed by atoms with Gasteiger partial charge in [-0.05, 0) is 27.7 Å². The van der Waals surface area contributed by atoms with Crippen LogP contribution >= 0.6 is 0 Å². The van der Waals surface area contributed by atoms with Crippen molar-refractivity contribution in [1.82, 2.24) is 10.2 Å². The van der Waals surface area contributed by atoms with Gasteiger partial charge in [0.05, 0.1) is 19.8 Å². The number of methoxy groups -OCH3 is 2. The summed E-state index contributed by atoms with van der Waals surface area (Å²) in [7, 11) is 2.96. The monoisotopic (exact) mass is 324 g/mol. The maximum atomic E-state index is 12.3. The Balaban J connectivity index is 2.75. The van der Waals surface area contributed by atoms with E-state index in [1.165, 1.54) is 26.4 Å². The van der Waals surface area contributed by atoms with Crippen molar-refractivity contribution in [2.75, 3.05) is 27.3 Å². The first-order chi connectivity index (χ1) is 10.8. The van der Waals surface area contributed by atoms with Gasteiger partial charge in [-0.15, -0.1) is 0 Å². The normalized spacial score (nSPS) is 11.2. The number of carbonyl (C=O) groups is 1. The predicted molar refractivity (Wildman–Crippen MR) is 90.5 cm³/mol. The molecular weight excluding hydrogens is 296 g/mol. The Labute approximate surface area is 138 Å². The fraction of sp³-hybridized carbons (Fsp3) is 0.588. The summed E-state index contributed by atoms with van der Waals surface area (Å²) >= 11 is 0. The Bertz CT molecular complexity index is 522. The van der Waals surface area contributed by atoms with Crippen LogP contribution in [-0.4, -0.2) is 55.3 Å². The van der Waals surface area contributed by atoms with Crippen LogP contribution in [0.15, 0.2) is 12.1 Å². The van der Waals surface area contributed by atoms with Crippen LogP contribution < -0.4 is 14.8 Å². The molecule has 2 N–H and O–H groups in total. The molecule has 0 saturated heterocycles. The van der Waals surface area contributed by atoms with Crippen LogP contribution in [-0.2, 0) is 0 Å². The first-order valence-electron chi connectivity index (χ1n) is 7.80. The second kappa shape index (κ2) is 8.62. The summed E-state index contributed by atoms with van der Waals surface area (Å²) in [4.78, 5) is 14.6. The lowest BCUT2D eigenvalue weighted by Crippen LogP contribution is -2.42. The maximum Gasteiger partial charge on any atom is 0.255 e. The van der Waals surface area contributed by atoms with Crippen molar-refractivity contribution < 1.29 is 19.4 Å². The number of amides is 1. The molecule has 0 atom stereocenters. The van der Waals surface area contributed by atoms with Gasteiger partial charge in [0.25, 0.3) is 5.91 Å². The molecule has 1 aromatic carbocycles. The molecule has 0 radical (unpaired) electrons. The lowest BCUT2D eigenvalue weighted by atomic mass is 10.1. The van der Waals surface area contributed by atoms with Gasteiger partial charge >= 0.3 is 0 Å². The SMILES string of the molecule is COc1cc(O)c(C(=O)NCCN(C(C)C)C(C)C)cc1OC. The van der Waals surface area contributed by atoms with E-state index in [2.05, 4.69) is 37.9 Å². The molecule has 130 valence electrons. The molecule has 0 saturated carbocycles. The molecular formula is C17H28N2O4. The number of carbonyl (C=O) groups excluding carboxylic acids is 1. The highest BCUT2D eigenvalue weighted by Crippen LogP contribution is 2.33. The van der Waals surface area contributed by atoms with Crippen molar-refractivity contribution >= 4 is 5.91 Å². The molecule has 0 heterocycles. The van der Waals surface area contributed by atoms with E-state index in [0.29, 0.717) is 30.1 Å². The molecule has 1 rings (SSSR count). The Morgan fingerprint density at radius 3 is 2.13 bits per heavy atom. The number of hydrogen-bond acceptors (Lipinski definition) is 5. The van der Waals surface area contributed by atoms with Gasteiger partial charge < -0.3 is 19.9 Å². The van der Waals surface area contributed by atoms with Crippen LogP contribution in [0.3, 0.4) is 0 Å². The average Bonchev–Trinajstić information content (AvgIpc) is 2.49. The lowest BCUT2D eigenvalue weighted by Gasteiger charge is -2.30. The van der Waals surface area contributed by atoms with Crippen LogP contribution in [0.4, 0.5) is 0 Å². The second-order valence-corrected chi connectivity index (χ2v) is 5.91. The average molecular weight is 324 g/mol. The van der Waals surface area contributed by atoms with Crippen LogP contribution in [0, 0.1) is 0 Å². The maximum absolute atomic E-state index is 12.3. The molecule has 0 aromatic heterocycles. The zero-order valence-electron chi connectivity index (χ0n) is 14.8. The zero-order chi connectivity index (χ0) is 17.6. The van der Waals surface area contributed by atoms with Crippen LogP contribution in [0.1, 0.15) is 38.1 Å². The molecule has 0 fully saturated rings. The van der Waals surface area contributed by atoms with E-state index < -0.39 is 0 Å². The van der Waals surface area contributed by atoms with Crippen molar-refractivity contribution in [2.45, 2.75) is 39.8 Å². The number of ether oxygens (including phenoxy) is 2. The van der Waals surface area contributed by atoms with Crippen LogP contribution in [0.5, 0.6) is 17.2 Å². The molecule has 6 heteroatoms. The summed E-state index contributed by atoms with van der Waals surface area (Å²) in [5.74, 6) is 0.314. The number of nitrogens with zero attached hydrogens (tertiary/aromatic N) is 1. The Hall–Kier alpha value is -1.95. The molecule has 23 heavy (non-hydrogen) atoms. The third-order valence-electron chi connectivity index (χ3n) is 3.73. The van der Waals surface area contributed by atoms with Gasteiger partial charge in [-0.25, -0.2) is 0 Å². The van der Waals surface area contributed by atoms with Crippen molar-refractivity contribution in [3.8, 4) is 17.2 Å². The van der Waals surface area contributed by atoms with E-state index >= 15 is 0 Å². The van der Waals surface area contributed by atoms with Gasteiger partial charge in [0.1, 0.15) is 5.75 Å². The zero-order valence-corrected chi connectivity index (χ0v) is 14.8. The summed E-state index contributed by atoms with van der Waals surface area (Å²) in [5, 5.41) is 12.8. The van der Waals surface area contributed by atoms with E-state index in [1.54, 1.807) is 0 Å². The van der Waals surface area contributed by atoms with Gasteiger partial charge in [0.2, 0.25) is 0 Å². The molecule has 0 spiro atoms. The molecule has 0 aliphatic heterocycles. The lowest BCUT2D eigenvalue weighted by molar-refractivity contribution is 0.0936. The van der Waals surface area contributed by atoms with Crippen molar-refractivity contribution in [3.05, 3.63) is 17.7 Å². The minimum atomic E-state index is -0.337. The largest absolute Gasteiger partial charge is 0.507 e. The third-order valence-corrected chi connectivity index (χ3v) is 3.73. The number of benzene rings is 1. The molecule has 1 aromatic rings. The first kappa shape index (κ1) is 19.1. The predicted octanol–water partition coefficient (Wildman–Crippen LogP) is 2.26. The third kappa shape index (κ3) is 5.03. The molecule has 0 aliphatic carbocycles. The highest BCUT2D eigenvalue weighted by Gasteiger charge is 2.17. The minimum absolute atomic E-state index is 0.135. The molecule has 0 aliphatic rings. The van der Waals surface area contributed by atoms with Gasteiger partial charge in [0.15, 0.2) is 11.5 Å². The van der Waals surface area contributed by atoms with E-state index in [-0.39, 0.29) is 17.2 Å². The van der Waals surface area contributed by atoms with Gasteiger partial charge in [0, 0.05) is 37.3 Å². The highest BCUT2D eigenvalue weighted by molar-refractivity contribution is 5.97. The highest BCUT2D eigenvalue weighted by atomic mass is 16.5. The number of rotatable bonds is 8. The van der Waals surface area contributed by atoms with Crippen molar-refractivity contribution in [2.24, 2.45) is 0 Å². The molecule has 0 bridgehead atoms. The second-order valence-electron chi connectivity index (χ2n) is 5.91. The van der Waals surface area contributed by atoms with Gasteiger partial charge in [-0.2, -0.15) is 0 Å². The van der Waals surface area contributed by atoms with Crippen molar-refractivity contribution in [3.63, 3.8) is 0 Å². The fourth-order valence-electron chi connectivity index (χ4n) is 2.56. The smallest absolute Gasteiger partial charge is 0.255 e. The number of nitrogens with one attached hydrogen (secondary N) is 1. The van der Waals surface area contributed by atoms with Crippen molar-refractivity contribution in [1.29, 1.82) is 0 Å². The summed E-state index contributed by atoms with van der Waals surface area (Å²) in [6.07, 6.45) is 0. The topological polar surface area (TPSA) is 71.0 Å². The Morgan fingerprint density at radius 2 is 1.65 bits per heavy atom. The molecule has 6 nitrogen and oxygen atoms in total. The van der Waals surface area contributed by atoms with Crippen LogP contribution in [0.2, 0.25) is 0 Å². The summed E-state index contributed by atoms with van der Waals surface area (Å²) in [5.41, 5.74) is 0.170. The number of phenolic OH excluding ortho intramolecular Hbond substituents is 1. The summed E-state index contributed by atoms with van der Waals surface area (Å²) < 4.78 is 10.3. The first-order valence-corrected chi connectivity index (χ1v) is 7.80. The number of phenols is 1. The Kier molecular flexibility index (Phi) is 7.16. The molecule has 1 amide bonds. The number of hydrogen-bond donors (Lipinski definition) is 2. The van der Waals surface area contributed by atoms with Gasteiger partial charge in [-0.1, -0.05) is 0 Å². The minimum Gasteiger partial charge on any atom is -0.507 e. The fourth-order valence-corrected chi connectivity index (χ4v) is 2.56. The van der Waals surface area contributed by atoms with E-state index in [1.807, 2.05) is 0 Å². The summed E-state index contributed by atoms with van der Waals surface area (Å²) in [6.45, 7) is 9.76. The van der Waals surface area contributed by atoms with E-state index in [4.69, 9.17) is 9.47 Å². The van der Waals surface area contributed by atoms with Gasteiger partial charge in [-0.3, -0.25) is 9.69 Å². The summed E-state index contributed by atoms with van der Waals surface area (Å²) in [6, 6.07) is 3.66. The number of aromatic hydroxyl groups is 1. The van der Waals surface area contributed by atoms with E-state index in [0.717, 1.165) is 6.54 Å². The van der Waals surface area contributed by atoms with E-state index in [9.17, 15) is 9.90 Å². The standard InChI is InChI=1S/C17H28N2O4/c1-11(2)19(12(3)4)8-7-18-17(21)13-9-15(22-5)16(23-6)10-14(13)20/h9-12,20H,7-8H2,1-6H3,(H,18,21). The Morgan fingerprint density at radius 1 is 1.13 bits per heavy atom.